The number of thioether (sulfide) groups is 1. The molecule has 1 aromatic heterocycles. The van der Waals surface area contributed by atoms with Gasteiger partial charge in [-0.05, 0) is 122 Å². The van der Waals surface area contributed by atoms with Crippen LogP contribution in [0, 0.1) is 27.7 Å². The van der Waals surface area contributed by atoms with Crippen LogP contribution in [-0.4, -0.2) is 33.1 Å². The maximum Gasteiger partial charge on any atom is 0.294 e. The summed E-state index contributed by atoms with van der Waals surface area (Å²) in [6, 6.07) is 22.9. The van der Waals surface area contributed by atoms with Crippen LogP contribution in [0.2, 0.25) is 5.02 Å². The zero-order chi connectivity index (χ0) is 30.0. The number of benzene rings is 3. The Labute approximate surface area is 254 Å². The molecule has 1 aliphatic heterocycles. The molecule has 0 unspecified atom stereocenters. The zero-order valence-electron chi connectivity index (χ0n) is 23.7. The highest BCUT2D eigenvalue weighted by molar-refractivity contribution is 8.18. The molecule has 0 atom stereocenters. The fourth-order valence-electron chi connectivity index (χ4n) is 4.71. The minimum Gasteiger partial charge on any atom is -0.489 e. The number of carbonyl (C=O) groups is 3. The first-order valence-electron chi connectivity index (χ1n) is 13.4. The Morgan fingerprint density at radius 1 is 0.929 bits per heavy atom. The lowest BCUT2D eigenvalue weighted by molar-refractivity contribution is -0.127. The van der Waals surface area contributed by atoms with Crippen molar-refractivity contribution in [2.75, 3.05) is 11.9 Å². The number of aromatic nitrogens is 1. The second-order valence-electron chi connectivity index (χ2n) is 10.2. The monoisotopic (exact) mass is 599 g/mol. The summed E-state index contributed by atoms with van der Waals surface area (Å²) in [5.74, 6) is -0.167. The molecule has 0 bridgehead atoms. The lowest BCUT2D eigenvalue weighted by Crippen LogP contribution is -2.36. The molecule has 0 aliphatic carbocycles. The maximum absolute atomic E-state index is 13.1. The third-order valence-electron chi connectivity index (χ3n) is 7.14. The van der Waals surface area contributed by atoms with Gasteiger partial charge in [0.15, 0.2) is 0 Å². The summed E-state index contributed by atoms with van der Waals surface area (Å²) in [6.45, 7) is 7.98. The van der Waals surface area contributed by atoms with Crippen molar-refractivity contribution in [1.29, 1.82) is 0 Å². The van der Waals surface area contributed by atoms with E-state index in [0.717, 1.165) is 61.7 Å². The number of imide groups is 1. The van der Waals surface area contributed by atoms with E-state index in [9.17, 15) is 14.4 Å². The Morgan fingerprint density at radius 2 is 1.64 bits per heavy atom. The van der Waals surface area contributed by atoms with Crippen LogP contribution < -0.4 is 10.1 Å². The van der Waals surface area contributed by atoms with Crippen molar-refractivity contribution in [3.05, 3.63) is 116 Å². The summed E-state index contributed by atoms with van der Waals surface area (Å²) >= 11 is 6.79. The molecule has 0 radical (unpaired) electrons. The van der Waals surface area contributed by atoms with E-state index in [2.05, 4.69) is 9.88 Å². The Balaban J connectivity index is 1.26. The molecule has 1 N–H and O–H groups in total. The predicted molar refractivity (Wildman–Crippen MR) is 168 cm³/mol. The van der Waals surface area contributed by atoms with E-state index in [1.54, 1.807) is 12.1 Å². The number of amides is 3. The first-order chi connectivity index (χ1) is 20.1. The van der Waals surface area contributed by atoms with Gasteiger partial charge in [0.25, 0.3) is 11.1 Å². The first kappa shape index (κ1) is 29.2. The average Bonchev–Trinajstić information content (AvgIpc) is 3.39. The summed E-state index contributed by atoms with van der Waals surface area (Å²) < 4.78 is 7.99. The van der Waals surface area contributed by atoms with Gasteiger partial charge in [0.05, 0.1) is 4.91 Å². The fraction of sp³-hybridized carbons (Fsp3) is 0.182. The van der Waals surface area contributed by atoms with Crippen molar-refractivity contribution in [2.24, 2.45) is 0 Å². The summed E-state index contributed by atoms with van der Waals surface area (Å²) in [7, 11) is 0. The van der Waals surface area contributed by atoms with E-state index < -0.39 is 17.1 Å². The van der Waals surface area contributed by atoms with Crippen LogP contribution >= 0.6 is 23.4 Å². The van der Waals surface area contributed by atoms with Gasteiger partial charge in [0, 0.05) is 27.8 Å². The van der Waals surface area contributed by atoms with Gasteiger partial charge >= 0.3 is 0 Å². The number of carbonyl (C=O) groups excluding carboxylic acids is 3. The third-order valence-corrected chi connectivity index (χ3v) is 8.30. The van der Waals surface area contributed by atoms with E-state index in [-0.39, 0.29) is 11.4 Å². The third kappa shape index (κ3) is 6.45. The first-order valence-corrected chi connectivity index (χ1v) is 14.6. The van der Waals surface area contributed by atoms with Gasteiger partial charge in [-0.2, -0.15) is 0 Å². The van der Waals surface area contributed by atoms with E-state index in [1.165, 1.54) is 0 Å². The molecule has 1 aliphatic rings. The normalized spacial score (nSPS) is 14.1. The van der Waals surface area contributed by atoms with Crippen LogP contribution in [0.15, 0.2) is 77.7 Å². The van der Waals surface area contributed by atoms with Gasteiger partial charge in [-0.25, -0.2) is 0 Å². The second kappa shape index (κ2) is 12.3. The average molecular weight is 600 g/mol. The Morgan fingerprint density at radius 3 is 2.33 bits per heavy atom. The van der Waals surface area contributed by atoms with Crippen molar-refractivity contribution in [2.45, 2.75) is 34.3 Å². The maximum atomic E-state index is 13.1. The lowest BCUT2D eigenvalue weighted by atomic mass is 10.1. The number of halogens is 1. The molecule has 4 aromatic rings. The molecule has 3 amide bonds. The Bertz CT molecular complexity index is 1710. The SMILES string of the molecule is Cc1ccc(NC(=O)CN2C(=O)S/C(=C/c3cc(C)n(-c4ccc(OCc5ccc(Cl)cc5)cc4)c3C)C2=O)cc1C. The number of nitrogens with zero attached hydrogens (tertiary/aromatic N) is 2. The van der Waals surface area contributed by atoms with Crippen LogP contribution in [-0.2, 0) is 16.2 Å². The summed E-state index contributed by atoms with van der Waals surface area (Å²) in [6.07, 6.45) is 1.72. The van der Waals surface area contributed by atoms with Crippen LogP contribution in [0.3, 0.4) is 0 Å². The van der Waals surface area contributed by atoms with Gasteiger partial charge in [-0.1, -0.05) is 29.8 Å². The minimum atomic E-state index is -0.479. The van der Waals surface area contributed by atoms with Crippen LogP contribution in [0.1, 0.15) is 33.6 Å². The minimum absolute atomic E-state index is 0.283. The Hall–Kier alpha value is -4.27. The number of rotatable bonds is 8. The van der Waals surface area contributed by atoms with Crippen molar-refractivity contribution in [3.63, 3.8) is 0 Å². The summed E-state index contributed by atoms with van der Waals surface area (Å²) in [5.41, 5.74) is 7.45. The quantitative estimate of drug-likeness (QED) is 0.211. The highest BCUT2D eigenvalue weighted by atomic mass is 35.5. The number of hydrogen-bond donors (Lipinski definition) is 1. The van der Waals surface area contributed by atoms with E-state index in [4.69, 9.17) is 16.3 Å². The number of nitrogens with one attached hydrogen (secondary N) is 1. The molecule has 1 saturated heterocycles. The van der Waals surface area contributed by atoms with Crippen molar-refractivity contribution in [3.8, 4) is 11.4 Å². The summed E-state index contributed by atoms with van der Waals surface area (Å²) in [4.78, 5) is 39.7. The molecular formula is C33H30ClN3O4S. The number of aryl methyl sites for hydroxylation is 3. The molecule has 2 heterocycles. The predicted octanol–water partition coefficient (Wildman–Crippen LogP) is 7.62. The molecule has 7 nitrogen and oxygen atoms in total. The molecule has 9 heteroatoms. The second-order valence-corrected chi connectivity index (χ2v) is 11.6. The topological polar surface area (TPSA) is 80.6 Å². The van der Waals surface area contributed by atoms with Gasteiger partial charge < -0.3 is 14.6 Å². The lowest BCUT2D eigenvalue weighted by Gasteiger charge is -2.13. The highest BCUT2D eigenvalue weighted by Gasteiger charge is 2.36. The molecule has 42 heavy (non-hydrogen) atoms. The van der Waals surface area contributed by atoms with Crippen molar-refractivity contribution in [1.82, 2.24) is 9.47 Å². The molecule has 0 saturated carbocycles. The largest absolute Gasteiger partial charge is 0.489 e. The van der Waals surface area contributed by atoms with Crippen LogP contribution in [0.5, 0.6) is 5.75 Å². The van der Waals surface area contributed by atoms with Crippen molar-refractivity contribution >= 4 is 52.2 Å². The number of anilines is 1. The smallest absolute Gasteiger partial charge is 0.294 e. The van der Waals surface area contributed by atoms with E-state index in [1.807, 2.05) is 94.4 Å². The van der Waals surface area contributed by atoms with Gasteiger partial charge in [0.2, 0.25) is 5.91 Å². The zero-order valence-corrected chi connectivity index (χ0v) is 25.3. The number of ether oxygens (including phenoxy) is 1. The Kier molecular flexibility index (Phi) is 8.56. The van der Waals surface area contributed by atoms with Crippen LogP contribution in [0.25, 0.3) is 11.8 Å². The summed E-state index contributed by atoms with van der Waals surface area (Å²) in [5, 5.41) is 2.99. The van der Waals surface area contributed by atoms with E-state index in [0.29, 0.717) is 17.3 Å². The highest BCUT2D eigenvalue weighted by Crippen LogP contribution is 2.34. The molecule has 1 fully saturated rings. The molecule has 5 rings (SSSR count). The standard InChI is InChI=1S/C33H30ClN3O4S/c1-20-5-10-27(15-21(20)2)35-31(38)18-36-32(39)30(42-33(36)40)17-25-16-22(3)37(23(25)4)28-11-13-29(14-12-28)41-19-24-6-8-26(34)9-7-24/h5-17H,18-19H2,1-4H3,(H,35,38)/b30-17+. The number of hydrogen-bond acceptors (Lipinski definition) is 5. The molecule has 0 spiro atoms. The van der Waals surface area contributed by atoms with Crippen molar-refractivity contribution < 1.29 is 19.1 Å². The molecule has 214 valence electrons. The van der Waals surface area contributed by atoms with E-state index >= 15 is 0 Å². The molecular weight excluding hydrogens is 570 g/mol. The fourth-order valence-corrected chi connectivity index (χ4v) is 5.67. The molecule has 3 aromatic carbocycles. The van der Waals surface area contributed by atoms with Gasteiger partial charge in [-0.15, -0.1) is 0 Å². The van der Waals surface area contributed by atoms with Gasteiger partial charge in [0.1, 0.15) is 18.9 Å². The van der Waals surface area contributed by atoms with Crippen LogP contribution in [0.4, 0.5) is 10.5 Å². The van der Waals surface area contributed by atoms with Gasteiger partial charge in [-0.3, -0.25) is 19.3 Å².